The molecule has 0 aliphatic rings. The number of carbonyl (C=O) groups is 1. The highest BCUT2D eigenvalue weighted by atomic mass is 16.5. The maximum Gasteiger partial charge on any atom is 0.224 e. The second-order valence-corrected chi connectivity index (χ2v) is 6.43. The lowest BCUT2D eigenvalue weighted by atomic mass is 10.1. The minimum atomic E-state index is -0.0736. The Labute approximate surface area is 155 Å². The van der Waals surface area contributed by atoms with Crippen molar-refractivity contribution in [1.82, 2.24) is 0 Å². The van der Waals surface area contributed by atoms with Crippen LogP contribution in [0.5, 0.6) is 17.2 Å². The maximum absolute atomic E-state index is 12.4. The summed E-state index contributed by atoms with van der Waals surface area (Å²) in [4.78, 5) is 12.4. The molecule has 5 heteroatoms. The molecule has 26 heavy (non-hydrogen) atoms. The van der Waals surface area contributed by atoms with Gasteiger partial charge in [0.05, 0.1) is 26.5 Å². The number of carbonyl (C=O) groups excluding carboxylic acids is 1. The summed E-state index contributed by atoms with van der Waals surface area (Å²) in [5, 5.41) is 2.93. The van der Waals surface area contributed by atoms with Gasteiger partial charge in [-0.1, -0.05) is 26.0 Å². The summed E-state index contributed by atoms with van der Waals surface area (Å²) >= 11 is 0. The van der Waals surface area contributed by atoms with Gasteiger partial charge in [-0.2, -0.15) is 0 Å². The predicted octanol–water partition coefficient (Wildman–Crippen LogP) is 4.31. The summed E-state index contributed by atoms with van der Waals surface area (Å²) in [6, 6.07) is 13.1. The topological polar surface area (TPSA) is 56.8 Å². The summed E-state index contributed by atoms with van der Waals surface area (Å²) < 4.78 is 16.4. The molecular formula is C21H27NO4. The van der Waals surface area contributed by atoms with E-state index in [2.05, 4.69) is 19.2 Å². The van der Waals surface area contributed by atoms with E-state index in [1.165, 1.54) is 0 Å². The Balaban J connectivity index is 1.99. The van der Waals surface area contributed by atoms with Crippen molar-refractivity contribution in [1.29, 1.82) is 0 Å². The van der Waals surface area contributed by atoms with Crippen LogP contribution in [0.1, 0.15) is 25.8 Å². The number of aryl methyl sites for hydroxylation is 1. The number of ether oxygens (including phenoxy) is 3. The van der Waals surface area contributed by atoms with E-state index in [4.69, 9.17) is 14.2 Å². The molecule has 0 fully saturated rings. The fraction of sp³-hybridized carbons (Fsp3) is 0.381. The zero-order valence-electron chi connectivity index (χ0n) is 15.9. The van der Waals surface area contributed by atoms with Crippen molar-refractivity contribution in [3.8, 4) is 17.2 Å². The van der Waals surface area contributed by atoms with Crippen LogP contribution in [0.4, 0.5) is 5.69 Å². The van der Waals surface area contributed by atoms with Crippen LogP contribution in [0.25, 0.3) is 0 Å². The first-order valence-corrected chi connectivity index (χ1v) is 8.76. The number of para-hydroxylation sites is 2. The van der Waals surface area contributed by atoms with Crippen molar-refractivity contribution in [3.63, 3.8) is 0 Å². The Morgan fingerprint density at radius 2 is 1.81 bits per heavy atom. The van der Waals surface area contributed by atoms with Crippen LogP contribution in [0.15, 0.2) is 42.5 Å². The standard InChI is InChI=1S/C21H27NO4/c1-15(2)14-26-20-8-6-5-7-18(20)22-21(23)12-9-16-13-17(24-3)10-11-19(16)25-4/h5-8,10-11,13,15H,9,12,14H2,1-4H3,(H,22,23). The average molecular weight is 357 g/mol. The van der Waals surface area contributed by atoms with E-state index in [1.807, 2.05) is 42.5 Å². The number of amides is 1. The van der Waals surface area contributed by atoms with Crippen molar-refractivity contribution < 1.29 is 19.0 Å². The van der Waals surface area contributed by atoms with E-state index in [0.29, 0.717) is 36.8 Å². The molecule has 2 aromatic rings. The number of benzene rings is 2. The molecule has 0 spiro atoms. The summed E-state index contributed by atoms with van der Waals surface area (Å²) in [6.45, 7) is 4.78. The van der Waals surface area contributed by atoms with Gasteiger partial charge in [0, 0.05) is 6.42 Å². The van der Waals surface area contributed by atoms with Crippen LogP contribution in [0.3, 0.4) is 0 Å². The Morgan fingerprint density at radius 3 is 2.50 bits per heavy atom. The molecule has 5 nitrogen and oxygen atoms in total. The van der Waals surface area contributed by atoms with E-state index >= 15 is 0 Å². The normalized spacial score (nSPS) is 10.5. The number of anilines is 1. The molecule has 0 aliphatic heterocycles. The van der Waals surface area contributed by atoms with Gasteiger partial charge in [-0.3, -0.25) is 4.79 Å². The molecule has 0 saturated heterocycles. The zero-order valence-corrected chi connectivity index (χ0v) is 15.9. The van der Waals surface area contributed by atoms with Gasteiger partial charge in [-0.05, 0) is 48.2 Å². The van der Waals surface area contributed by atoms with Gasteiger partial charge in [0.2, 0.25) is 5.91 Å². The average Bonchev–Trinajstić information content (AvgIpc) is 2.65. The Bertz CT molecular complexity index is 728. The smallest absolute Gasteiger partial charge is 0.224 e. The fourth-order valence-electron chi connectivity index (χ4n) is 2.49. The van der Waals surface area contributed by atoms with Crippen LogP contribution in [-0.4, -0.2) is 26.7 Å². The van der Waals surface area contributed by atoms with Crippen LogP contribution in [-0.2, 0) is 11.2 Å². The molecular weight excluding hydrogens is 330 g/mol. The molecule has 2 rings (SSSR count). The Hall–Kier alpha value is -2.69. The van der Waals surface area contributed by atoms with Crippen molar-refractivity contribution in [2.75, 3.05) is 26.1 Å². The molecule has 0 saturated carbocycles. The van der Waals surface area contributed by atoms with Crippen LogP contribution in [0, 0.1) is 5.92 Å². The molecule has 0 aromatic heterocycles. The quantitative estimate of drug-likeness (QED) is 0.726. The highest BCUT2D eigenvalue weighted by Crippen LogP contribution is 2.27. The van der Waals surface area contributed by atoms with Crippen molar-refractivity contribution in [2.24, 2.45) is 5.92 Å². The highest BCUT2D eigenvalue weighted by Gasteiger charge is 2.11. The monoisotopic (exact) mass is 357 g/mol. The van der Waals surface area contributed by atoms with Crippen molar-refractivity contribution >= 4 is 11.6 Å². The molecule has 140 valence electrons. The molecule has 0 radical (unpaired) electrons. The number of methoxy groups -OCH3 is 2. The summed E-state index contributed by atoms with van der Waals surface area (Å²) in [6.07, 6.45) is 0.892. The highest BCUT2D eigenvalue weighted by molar-refractivity contribution is 5.92. The second-order valence-electron chi connectivity index (χ2n) is 6.43. The minimum Gasteiger partial charge on any atom is -0.497 e. The summed E-state index contributed by atoms with van der Waals surface area (Å²) in [5.41, 5.74) is 1.63. The third kappa shape index (κ3) is 5.69. The largest absolute Gasteiger partial charge is 0.497 e. The van der Waals surface area contributed by atoms with Crippen LogP contribution >= 0.6 is 0 Å². The first-order valence-electron chi connectivity index (χ1n) is 8.76. The molecule has 0 heterocycles. The second kappa shape index (κ2) is 9.70. The van der Waals surface area contributed by atoms with Crippen molar-refractivity contribution in [2.45, 2.75) is 26.7 Å². The van der Waals surface area contributed by atoms with E-state index < -0.39 is 0 Å². The first kappa shape index (κ1) is 19.6. The van der Waals surface area contributed by atoms with Crippen molar-refractivity contribution in [3.05, 3.63) is 48.0 Å². The molecule has 0 atom stereocenters. The summed E-state index contributed by atoms with van der Waals surface area (Å²) in [5.74, 6) is 2.52. The Kier molecular flexibility index (Phi) is 7.33. The lowest BCUT2D eigenvalue weighted by molar-refractivity contribution is -0.116. The molecule has 1 amide bonds. The molecule has 1 N–H and O–H groups in total. The first-order chi connectivity index (χ1) is 12.5. The van der Waals surface area contributed by atoms with Crippen LogP contribution in [0.2, 0.25) is 0 Å². The molecule has 0 bridgehead atoms. The van der Waals surface area contributed by atoms with Gasteiger partial charge in [-0.25, -0.2) is 0 Å². The number of nitrogens with one attached hydrogen (secondary N) is 1. The SMILES string of the molecule is COc1ccc(OC)c(CCC(=O)Nc2ccccc2OCC(C)C)c1. The van der Waals surface area contributed by atoms with Gasteiger partial charge in [0.1, 0.15) is 17.2 Å². The molecule has 0 unspecified atom stereocenters. The third-order valence-electron chi connectivity index (χ3n) is 3.84. The zero-order chi connectivity index (χ0) is 18.9. The minimum absolute atomic E-state index is 0.0736. The number of hydrogen-bond donors (Lipinski definition) is 1. The number of rotatable bonds is 9. The van der Waals surface area contributed by atoms with Gasteiger partial charge >= 0.3 is 0 Å². The number of hydrogen-bond acceptors (Lipinski definition) is 4. The molecule has 2 aromatic carbocycles. The van der Waals surface area contributed by atoms with E-state index in [0.717, 1.165) is 17.1 Å². The lowest BCUT2D eigenvalue weighted by Crippen LogP contribution is -2.14. The summed E-state index contributed by atoms with van der Waals surface area (Å²) in [7, 11) is 3.24. The van der Waals surface area contributed by atoms with E-state index in [9.17, 15) is 4.79 Å². The van der Waals surface area contributed by atoms with E-state index in [1.54, 1.807) is 14.2 Å². The lowest BCUT2D eigenvalue weighted by Gasteiger charge is -2.14. The third-order valence-corrected chi connectivity index (χ3v) is 3.84. The van der Waals surface area contributed by atoms with Crippen LogP contribution < -0.4 is 19.5 Å². The fourth-order valence-corrected chi connectivity index (χ4v) is 2.49. The van der Waals surface area contributed by atoms with Gasteiger partial charge in [-0.15, -0.1) is 0 Å². The van der Waals surface area contributed by atoms with Gasteiger partial charge in [0.15, 0.2) is 0 Å². The van der Waals surface area contributed by atoms with E-state index in [-0.39, 0.29) is 5.91 Å². The predicted molar refractivity (Wildman–Crippen MR) is 103 cm³/mol. The molecule has 0 aliphatic carbocycles. The van der Waals surface area contributed by atoms with Gasteiger partial charge in [0.25, 0.3) is 0 Å². The Morgan fingerprint density at radius 1 is 1.04 bits per heavy atom. The maximum atomic E-state index is 12.4. The van der Waals surface area contributed by atoms with Gasteiger partial charge < -0.3 is 19.5 Å².